The molecule has 6 heteroatoms. The van der Waals surface area contributed by atoms with Crippen molar-refractivity contribution < 1.29 is 19.8 Å². The van der Waals surface area contributed by atoms with Gasteiger partial charge in [0, 0.05) is 17.3 Å². The van der Waals surface area contributed by atoms with Crippen LogP contribution >= 0.6 is 0 Å². The average molecular weight is 585 g/mol. The van der Waals surface area contributed by atoms with Crippen LogP contribution in [0.3, 0.4) is 0 Å². The molecule has 4 N–H and O–H groups in total. The Kier molecular flexibility index (Phi) is 14.4. The van der Waals surface area contributed by atoms with E-state index in [1.165, 1.54) is 51.4 Å². The van der Waals surface area contributed by atoms with Gasteiger partial charge in [0.05, 0.1) is 0 Å². The first-order valence-electron chi connectivity index (χ1n) is 16.7. The van der Waals surface area contributed by atoms with Crippen LogP contribution in [0.15, 0.2) is 0 Å². The van der Waals surface area contributed by atoms with Gasteiger partial charge in [-0.3, -0.25) is 0 Å². The lowest BCUT2D eigenvalue weighted by Crippen LogP contribution is -2.12. The molecule has 0 radical (unpaired) electrons. The molecule has 0 saturated carbocycles. The maximum absolute atomic E-state index is 12.1. The Labute approximate surface area is 255 Å². The lowest BCUT2D eigenvalue weighted by molar-refractivity contribution is 0.0679. The second-order valence-corrected chi connectivity index (χ2v) is 13.6. The summed E-state index contributed by atoms with van der Waals surface area (Å²) in [5.74, 6) is 0.747. The molecule has 6 nitrogen and oxygen atoms in total. The van der Waals surface area contributed by atoms with E-state index in [0.29, 0.717) is 18.8 Å². The molecule has 0 aliphatic carbocycles. The van der Waals surface area contributed by atoms with Crippen LogP contribution in [0.5, 0.6) is 0 Å². The molecule has 0 fully saturated rings. The molecule has 0 aromatic carbocycles. The number of hydrogen-bond acceptors (Lipinski definition) is 2. The van der Waals surface area contributed by atoms with Gasteiger partial charge in [-0.1, -0.05) is 106 Å². The molecule has 3 unspecified atom stereocenters. The van der Waals surface area contributed by atoms with Gasteiger partial charge in [-0.05, 0) is 79.0 Å². The van der Waals surface area contributed by atoms with E-state index in [9.17, 15) is 19.8 Å². The largest absolute Gasteiger partial charge is 0.477 e. The van der Waals surface area contributed by atoms with E-state index in [1.54, 1.807) is 0 Å². The molecule has 0 aliphatic rings. The number of carboxylic acids is 2. The molecule has 42 heavy (non-hydrogen) atoms. The van der Waals surface area contributed by atoms with Gasteiger partial charge >= 0.3 is 11.9 Å². The summed E-state index contributed by atoms with van der Waals surface area (Å²) >= 11 is 0. The first kappa shape index (κ1) is 35.7. The Bertz CT molecular complexity index is 1080. The smallest absolute Gasteiger partial charge is 0.352 e. The number of aromatic nitrogens is 2. The van der Waals surface area contributed by atoms with E-state index in [-0.39, 0.29) is 17.3 Å². The molecular weight excluding hydrogens is 524 g/mol. The number of carbonyl (C=O) groups is 2. The van der Waals surface area contributed by atoms with Crippen molar-refractivity contribution in [2.24, 2.45) is 23.7 Å². The van der Waals surface area contributed by atoms with Crippen molar-refractivity contribution in [3.63, 3.8) is 0 Å². The fraction of sp³-hybridized carbons (Fsp3) is 0.722. The van der Waals surface area contributed by atoms with Crippen LogP contribution in [-0.2, 0) is 12.8 Å². The molecule has 0 bridgehead atoms. The van der Waals surface area contributed by atoms with Gasteiger partial charge in [0.15, 0.2) is 0 Å². The molecule has 0 amide bonds. The fourth-order valence-electron chi connectivity index (χ4n) is 6.95. The summed E-state index contributed by atoms with van der Waals surface area (Å²) in [6.07, 6.45) is 13.6. The summed E-state index contributed by atoms with van der Waals surface area (Å²) in [5.41, 5.74) is 5.92. The van der Waals surface area contributed by atoms with E-state index < -0.39 is 11.9 Å². The summed E-state index contributed by atoms with van der Waals surface area (Å²) in [7, 11) is 0. The topological polar surface area (TPSA) is 106 Å². The quantitative estimate of drug-likeness (QED) is 0.124. The van der Waals surface area contributed by atoms with Gasteiger partial charge in [0.1, 0.15) is 11.4 Å². The molecule has 0 spiro atoms. The maximum atomic E-state index is 12.1. The zero-order chi connectivity index (χ0) is 31.6. The van der Waals surface area contributed by atoms with Crippen molar-refractivity contribution >= 4 is 11.9 Å². The van der Waals surface area contributed by atoms with Gasteiger partial charge in [-0.2, -0.15) is 0 Å². The predicted octanol–water partition coefficient (Wildman–Crippen LogP) is 10.1. The molecule has 0 saturated heterocycles. The zero-order valence-corrected chi connectivity index (χ0v) is 28.1. The summed E-state index contributed by atoms with van der Waals surface area (Å²) < 4.78 is 0. The molecule has 3 atom stereocenters. The van der Waals surface area contributed by atoms with Gasteiger partial charge in [0.2, 0.25) is 0 Å². The second kappa shape index (κ2) is 17.0. The molecule has 2 aromatic rings. The third kappa shape index (κ3) is 9.77. The summed E-state index contributed by atoms with van der Waals surface area (Å²) in [6.45, 7) is 19.7. The standard InChI is InChI=1S/C36H60N2O4/c1-10-28-26(8)31(37-33(28)35(39)40)30(32-27(9)29(11-2)34(38-32)36(41)42)21-25(7)20-14-19-24(6)18-13-17-23(5)16-12-15-22(3)4/h22-25,30,37-38H,10-21H2,1-9H3,(H,39,40)(H,41,42). The number of aromatic amines is 2. The summed E-state index contributed by atoms with van der Waals surface area (Å²) in [6, 6.07) is 0. The number of carboxylic acid groups (broad SMARTS) is 2. The number of rotatable bonds is 20. The highest BCUT2D eigenvalue weighted by Gasteiger charge is 2.30. The fourth-order valence-corrected chi connectivity index (χ4v) is 6.95. The second-order valence-electron chi connectivity index (χ2n) is 13.6. The van der Waals surface area contributed by atoms with Gasteiger partial charge in [-0.15, -0.1) is 0 Å². The first-order chi connectivity index (χ1) is 19.8. The highest BCUT2D eigenvalue weighted by molar-refractivity contribution is 5.89. The van der Waals surface area contributed by atoms with Crippen LogP contribution in [-0.4, -0.2) is 32.1 Å². The van der Waals surface area contributed by atoms with E-state index in [1.807, 2.05) is 27.7 Å². The molecule has 2 rings (SSSR count). The molecular formula is C36H60N2O4. The van der Waals surface area contributed by atoms with E-state index in [0.717, 1.165) is 64.2 Å². The lowest BCUT2D eigenvalue weighted by atomic mass is 9.84. The molecule has 2 aromatic heterocycles. The van der Waals surface area contributed by atoms with E-state index in [4.69, 9.17) is 0 Å². The molecule has 0 aliphatic heterocycles. The van der Waals surface area contributed by atoms with Crippen molar-refractivity contribution in [3.05, 3.63) is 45.0 Å². The molecule has 238 valence electrons. The SMILES string of the molecule is CCc1c(C(=O)O)[nH]c(C(CC(C)CCCC(C)CCCC(C)CCCC(C)C)c2[nH]c(C(=O)O)c(CC)c2C)c1C. The Balaban J connectivity index is 2.11. The maximum Gasteiger partial charge on any atom is 0.352 e. The highest BCUT2D eigenvalue weighted by atomic mass is 16.4. The molecule has 2 heterocycles. The lowest BCUT2D eigenvalue weighted by Gasteiger charge is -2.23. The Morgan fingerprint density at radius 3 is 1.29 bits per heavy atom. The van der Waals surface area contributed by atoms with Crippen molar-refractivity contribution in [2.75, 3.05) is 0 Å². The highest BCUT2D eigenvalue weighted by Crippen LogP contribution is 2.39. The van der Waals surface area contributed by atoms with E-state index in [2.05, 4.69) is 44.6 Å². The van der Waals surface area contributed by atoms with Crippen molar-refractivity contribution in [2.45, 2.75) is 145 Å². The van der Waals surface area contributed by atoms with Crippen LogP contribution in [0.4, 0.5) is 0 Å². The summed E-state index contributed by atoms with van der Waals surface area (Å²) in [4.78, 5) is 30.6. The Hall–Kier alpha value is -2.50. The number of aromatic carboxylic acids is 2. The van der Waals surface area contributed by atoms with Gasteiger partial charge < -0.3 is 20.2 Å². The van der Waals surface area contributed by atoms with Crippen LogP contribution in [0.2, 0.25) is 0 Å². The number of H-pyrrole nitrogens is 2. The van der Waals surface area contributed by atoms with Crippen LogP contribution in [0, 0.1) is 37.5 Å². The monoisotopic (exact) mass is 584 g/mol. The van der Waals surface area contributed by atoms with Crippen LogP contribution in [0.1, 0.15) is 173 Å². The van der Waals surface area contributed by atoms with Crippen LogP contribution in [0.25, 0.3) is 0 Å². The third-order valence-corrected chi connectivity index (χ3v) is 9.57. The third-order valence-electron chi connectivity index (χ3n) is 9.57. The number of hydrogen-bond donors (Lipinski definition) is 4. The number of nitrogens with one attached hydrogen (secondary N) is 2. The average Bonchev–Trinajstić information content (AvgIpc) is 3.43. The normalized spacial score (nSPS) is 14.1. The minimum atomic E-state index is -0.949. The Morgan fingerprint density at radius 2 is 0.976 bits per heavy atom. The van der Waals surface area contributed by atoms with Gasteiger partial charge in [-0.25, -0.2) is 9.59 Å². The van der Waals surface area contributed by atoms with Gasteiger partial charge in [0.25, 0.3) is 0 Å². The van der Waals surface area contributed by atoms with Crippen LogP contribution < -0.4 is 0 Å². The van der Waals surface area contributed by atoms with Crippen molar-refractivity contribution in [1.29, 1.82) is 0 Å². The minimum absolute atomic E-state index is 0.119. The van der Waals surface area contributed by atoms with Crippen molar-refractivity contribution in [3.8, 4) is 0 Å². The Morgan fingerprint density at radius 1 is 0.619 bits per heavy atom. The van der Waals surface area contributed by atoms with Crippen molar-refractivity contribution in [1.82, 2.24) is 9.97 Å². The predicted molar refractivity (Wildman–Crippen MR) is 174 cm³/mol. The van der Waals surface area contributed by atoms with E-state index >= 15 is 0 Å². The summed E-state index contributed by atoms with van der Waals surface area (Å²) in [5, 5.41) is 19.8. The minimum Gasteiger partial charge on any atom is -0.477 e. The zero-order valence-electron chi connectivity index (χ0n) is 28.1. The first-order valence-corrected chi connectivity index (χ1v) is 16.7.